The van der Waals surface area contributed by atoms with Crippen LogP contribution in [0.5, 0.6) is 5.75 Å². The van der Waals surface area contributed by atoms with Crippen LogP contribution in [0.15, 0.2) is 43.0 Å². The quantitative estimate of drug-likeness (QED) is 0.810. The standard InChI is InChI=1S/C18H21FN4O/c1-13-5-7-22(8-6-13)14(2)18(10-23-12-20-11-21-23)16-4-3-15(19)9-17(16)24-18/h3-4,9,11-12,14H,1,5-8,10H2,2H3/t14-,18-/m1/s1. The van der Waals surface area contributed by atoms with Gasteiger partial charge in [0, 0.05) is 24.7 Å². The van der Waals surface area contributed by atoms with Crippen LogP contribution in [-0.2, 0) is 12.1 Å². The highest BCUT2D eigenvalue weighted by atomic mass is 19.1. The van der Waals surface area contributed by atoms with Crippen LogP contribution in [0, 0.1) is 5.82 Å². The molecule has 0 N–H and O–H groups in total. The van der Waals surface area contributed by atoms with Crippen LogP contribution in [0.1, 0.15) is 25.3 Å². The maximum absolute atomic E-state index is 13.5. The minimum Gasteiger partial charge on any atom is -0.478 e. The van der Waals surface area contributed by atoms with Gasteiger partial charge in [0.1, 0.15) is 24.2 Å². The zero-order chi connectivity index (χ0) is 16.7. The molecule has 0 radical (unpaired) electrons. The second kappa shape index (κ2) is 5.70. The molecule has 0 saturated carbocycles. The molecule has 2 atom stereocenters. The second-order valence-electron chi connectivity index (χ2n) is 6.69. The van der Waals surface area contributed by atoms with Gasteiger partial charge in [-0.05, 0) is 31.9 Å². The van der Waals surface area contributed by atoms with Crippen LogP contribution in [0.25, 0.3) is 0 Å². The molecule has 0 bridgehead atoms. The third-order valence-corrected chi connectivity index (χ3v) is 5.28. The van der Waals surface area contributed by atoms with Gasteiger partial charge in [0.2, 0.25) is 0 Å². The topological polar surface area (TPSA) is 43.2 Å². The molecular formula is C18H21FN4O. The average molecular weight is 328 g/mol. The van der Waals surface area contributed by atoms with E-state index in [1.807, 2.05) is 6.07 Å². The van der Waals surface area contributed by atoms with Crippen molar-refractivity contribution in [3.63, 3.8) is 0 Å². The molecule has 0 aliphatic carbocycles. The van der Waals surface area contributed by atoms with Crippen LogP contribution in [-0.4, -0.2) is 38.8 Å². The predicted molar refractivity (Wildman–Crippen MR) is 88.1 cm³/mol. The molecule has 2 aromatic rings. The van der Waals surface area contributed by atoms with Gasteiger partial charge in [0.15, 0.2) is 5.60 Å². The molecule has 0 amide bonds. The molecule has 0 unspecified atom stereocenters. The monoisotopic (exact) mass is 328 g/mol. The number of piperidine rings is 1. The van der Waals surface area contributed by atoms with Crippen molar-refractivity contribution in [2.24, 2.45) is 0 Å². The van der Waals surface area contributed by atoms with E-state index < -0.39 is 5.60 Å². The average Bonchev–Trinajstić information content (AvgIpc) is 3.06. The van der Waals surface area contributed by atoms with Gasteiger partial charge < -0.3 is 4.74 Å². The Labute approximate surface area is 140 Å². The number of hydrogen-bond donors (Lipinski definition) is 0. The van der Waals surface area contributed by atoms with Gasteiger partial charge >= 0.3 is 0 Å². The Morgan fingerprint density at radius 2 is 2.17 bits per heavy atom. The molecule has 6 heteroatoms. The lowest BCUT2D eigenvalue weighted by Crippen LogP contribution is -2.60. The molecule has 1 aromatic carbocycles. The first-order valence-electron chi connectivity index (χ1n) is 8.31. The van der Waals surface area contributed by atoms with Crippen molar-refractivity contribution < 1.29 is 9.13 Å². The lowest BCUT2D eigenvalue weighted by Gasteiger charge is -2.51. The molecule has 1 saturated heterocycles. The van der Waals surface area contributed by atoms with Crippen molar-refractivity contribution in [1.82, 2.24) is 19.7 Å². The first kappa shape index (κ1) is 15.3. The Morgan fingerprint density at radius 1 is 1.38 bits per heavy atom. The Bertz CT molecular complexity index is 750. The summed E-state index contributed by atoms with van der Waals surface area (Å²) in [5.74, 6) is 0.355. The maximum atomic E-state index is 13.5. The van der Waals surface area contributed by atoms with Crippen molar-refractivity contribution in [2.75, 3.05) is 13.1 Å². The number of fused-ring (bicyclic) bond motifs is 1. The summed E-state index contributed by atoms with van der Waals surface area (Å²) in [6.45, 7) is 8.77. The van der Waals surface area contributed by atoms with Crippen molar-refractivity contribution >= 4 is 0 Å². The number of hydrogen-bond acceptors (Lipinski definition) is 4. The molecule has 5 nitrogen and oxygen atoms in total. The van der Waals surface area contributed by atoms with Gasteiger partial charge in [0.05, 0.1) is 12.6 Å². The van der Waals surface area contributed by atoms with E-state index in [1.54, 1.807) is 11.0 Å². The van der Waals surface area contributed by atoms with Gasteiger partial charge in [0.25, 0.3) is 0 Å². The molecule has 24 heavy (non-hydrogen) atoms. The fraction of sp³-hybridized carbons (Fsp3) is 0.444. The highest BCUT2D eigenvalue weighted by Gasteiger charge is 2.52. The summed E-state index contributed by atoms with van der Waals surface area (Å²) in [6, 6.07) is 4.94. The molecular weight excluding hydrogens is 307 g/mol. The van der Waals surface area contributed by atoms with Gasteiger partial charge in [-0.1, -0.05) is 12.2 Å². The molecule has 1 fully saturated rings. The first-order valence-corrected chi connectivity index (χ1v) is 8.31. The minimum absolute atomic E-state index is 0.146. The number of halogens is 1. The summed E-state index contributed by atoms with van der Waals surface area (Å²) < 4.78 is 21.4. The van der Waals surface area contributed by atoms with E-state index in [4.69, 9.17) is 4.74 Å². The zero-order valence-electron chi connectivity index (χ0n) is 13.8. The number of aromatic nitrogens is 3. The summed E-state index contributed by atoms with van der Waals surface area (Å²) in [5, 5.41) is 4.23. The van der Waals surface area contributed by atoms with E-state index in [9.17, 15) is 4.39 Å². The smallest absolute Gasteiger partial charge is 0.172 e. The molecule has 4 rings (SSSR count). The second-order valence-corrected chi connectivity index (χ2v) is 6.69. The van der Waals surface area contributed by atoms with Gasteiger partial charge in [-0.3, -0.25) is 4.90 Å². The highest BCUT2D eigenvalue weighted by molar-refractivity contribution is 5.47. The van der Waals surface area contributed by atoms with Crippen molar-refractivity contribution in [3.8, 4) is 5.75 Å². The molecule has 0 spiro atoms. The van der Waals surface area contributed by atoms with Crippen molar-refractivity contribution in [3.05, 3.63) is 54.4 Å². The summed E-state index contributed by atoms with van der Waals surface area (Å²) in [6.07, 6.45) is 5.24. The van der Waals surface area contributed by atoms with E-state index in [0.717, 1.165) is 31.5 Å². The van der Waals surface area contributed by atoms with Crippen LogP contribution in [0.3, 0.4) is 0 Å². The van der Waals surface area contributed by atoms with E-state index in [2.05, 4.69) is 28.5 Å². The van der Waals surface area contributed by atoms with Crippen LogP contribution >= 0.6 is 0 Å². The van der Waals surface area contributed by atoms with E-state index >= 15 is 0 Å². The predicted octanol–water partition coefficient (Wildman–Crippen LogP) is 2.75. The number of nitrogens with zero attached hydrogens (tertiary/aromatic N) is 4. The van der Waals surface area contributed by atoms with E-state index in [1.165, 1.54) is 24.0 Å². The minimum atomic E-state index is -0.532. The summed E-state index contributed by atoms with van der Waals surface area (Å²) in [4.78, 5) is 6.46. The Balaban J connectivity index is 1.66. The normalized spacial score (nSPS) is 24.8. The SMILES string of the molecule is C=C1CCN([C@H](C)[C@@]2(Cn3cncn3)Oc3cc(F)ccc32)CC1. The maximum Gasteiger partial charge on any atom is 0.172 e. The Morgan fingerprint density at radius 3 is 2.83 bits per heavy atom. The zero-order valence-corrected chi connectivity index (χ0v) is 13.8. The Hall–Kier alpha value is -2.21. The highest BCUT2D eigenvalue weighted by Crippen LogP contribution is 2.49. The third-order valence-electron chi connectivity index (χ3n) is 5.28. The molecule has 126 valence electrons. The van der Waals surface area contributed by atoms with Crippen molar-refractivity contribution in [2.45, 2.75) is 38.0 Å². The van der Waals surface area contributed by atoms with Gasteiger partial charge in [-0.25, -0.2) is 14.1 Å². The van der Waals surface area contributed by atoms with Crippen LogP contribution < -0.4 is 4.74 Å². The summed E-state index contributed by atoms with van der Waals surface area (Å²) in [5.41, 5.74) is 1.81. The van der Waals surface area contributed by atoms with E-state index in [0.29, 0.717) is 12.3 Å². The Kier molecular flexibility index (Phi) is 3.64. The molecule has 2 aliphatic heterocycles. The molecule has 2 aliphatic rings. The fourth-order valence-electron chi connectivity index (χ4n) is 3.77. The van der Waals surface area contributed by atoms with Gasteiger partial charge in [-0.15, -0.1) is 0 Å². The lowest BCUT2D eigenvalue weighted by molar-refractivity contribution is -0.0785. The summed E-state index contributed by atoms with van der Waals surface area (Å²) >= 11 is 0. The number of benzene rings is 1. The van der Waals surface area contributed by atoms with Crippen LogP contribution in [0.2, 0.25) is 0 Å². The van der Waals surface area contributed by atoms with Crippen molar-refractivity contribution in [1.29, 1.82) is 0 Å². The summed E-state index contributed by atoms with van der Waals surface area (Å²) in [7, 11) is 0. The molecule has 3 heterocycles. The van der Waals surface area contributed by atoms with Gasteiger partial charge in [-0.2, -0.15) is 5.10 Å². The largest absolute Gasteiger partial charge is 0.478 e. The van der Waals surface area contributed by atoms with E-state index in [-0.39, 0.29) is 11.9 Å². The lowest BCUT2D eigenvalue weighted by atomic mass is 9.80. The molecule has 1 aromatic heterocycles. The fourth-order valence-corrected chi connectivity index (χ4v) is 3.77. The van der Waals surface area contributed by atoms with Crippen LogP contribution in [0.4, 0.5) is 4.39 Å². The first-order chi connectivity index (χ1) is 11.6. The number of likely N-dealkylation sites (tertiary alicyclic amines) is 1. The number of ether oxygens (including phenoxy) is 1. The third kappa shape index (κ3) is 2.41. The number of rotatable bonds is 4.